The van der Waals surface area contributed by atoms with Crippen molar-refractivity contribution in [2.24, 2.45) is 22.7 Å². The van der Waals surface area contributed by atoms with E-state index in [0.717, 1.165) is 44.1 Å². The number of hydrogen-bond donors (Lipinski definition) is 2. The quantitative estimate of drug-likeness (QED) is 0.111. The first-order valence-electron chi connectivity index (χ1n) is 16.8. The molecular formula is C36H48N2O10S. The lowest BCUT2D eigenvalue weighted by molar-refractivity contribution is -0.760. The number of ether oxygens (including phenoxy) is 4. The molecule has 5 rings (SSSR count). The van der Waals surface area contributed by atoms with Gasteiger partial charge in [0.2, 0.25) is 5.91 Å². The van der Waals surface area contributed by atoms with Gasteiger partial charge in [-0.05, 0) is 98.8 Å². The Morgan fingerprint density at radius 1 is 1.06 bits per heavy atom. The molecule has 1 amide bonds. The van der Waals surface area contributed by atoms with Crippen LogP contribution in [-0.4, -0.2) is 67.9 Å². The van der Waals surface area contributed by atoms with E-state index in [-0.39, 0.29) is 17.3 Å². The topological polar surface area (TPSA) is 156 Å². The van der Waals surface area contributed by atoms with Crippen molar-refractivity contribution >= 4 is 23.6 Å². The van der Waals surface area contributed by atoms with Crippen LogP contribution in [0.5, 0.6) is 23.0 Å². The molecule has 0 aliphatic heterocycles. The van der Waals surface area contributed by atoms with E-state index < -0.39 is 35.0 Å². The summed E-state index contributed by atoms with van der Waals surface area (Å²) in [5, 5.41) is 23.4. The van der Waals surface area contributed by atoms with Crippen molar-refractivity contribution in [1.82, 2.24) is 5.32 Å². The molecule has 0 saturated heterocycles. The molecule has 0 heterocycles. The summed E-state index contributed by atoms with van der Waals surface area (Å²) in [4.78, 5) is 42.3. The normalized spacial score (nSPS) is 24.8. The SMILES string of the molecule is COc1cc(OC)c(CSCC(NC(=O)C(C)(C)CO[N+](=O)[O-])C(=O)Oc2ccc3c(c2)CCC2C3CCC3(C)C(O)CCC23)c(OC)c1. The Morgan fingerprint density at radius 2 is 1.78 bits per heavy atom. The van der Waals surface area contributed by atoms with Gasteiger partial charge < -0.3 is 34.2 Å². The van der Waals surface area contributed by atoms with E-state index in [1.54, 1.807) is 33.5 Å². The van der Waals surface area contributed by atoms with Crippen LogP contribution in [0.25, 0.3) is 0 Å². The molecule has 3 aliphatic carbocycles. The van der Waals surface area contributed by atoms with Gasteiger partial charge in [0, 0.05) is 29.2 Å². The fourth-order valence-electron chi connectivity index (χ4n) is 8.08. The number of hydrogen-bond acceptors (Lipinski definition) is 11. The van der Waals surface area contributed by atoms with Crippen molar-refractivity contribution in [3.05, 3.63) is 57.1 Å². The second-order valence-electron chi connectivity index (χ2n) is 14.3. The van der Waals surface area contributed by atoms with E-state index in [2.05, 4.69) is 23.1 Å². The zero-order valence-electron chi connectivity index (χ0n) is 29.1. The molecule has 2 fully saturated rings. The number of carbonyl (C=O) groups is 2. The smallest absolute Gasteiger partial charge is 0.334 e. The Bertz CT molecular complexity index is 1520. The molecule has 12 nitrogen and oxygen atoms in total. The number of aliphatic hydroxyl groups excluding tert-OH is 1. The van der Waals surface area contributed by atoms with Gasteiger partial charge in [0.25, 0.3) is 5.09 Å². The molecule has 0 radical (unpaired) electrons. The van der Waals surface area contributed by atoms with E-state index in [0.29, 0.717) is 46.5 Å². The summed E-state index contributed by atoms with van der Waals surface area (Å²) in [7, 11) is 4.63. The number of amides is 1. The van der Waals surface area contributed by atoms with Gasteiger partial charge >= 0.3 is 5.97 Å². The van der Waals surface area contributed by atoms with Gasteiger partial charge in [-0.2, -0.15) is 11.8 Å². The van der Waals surface area contributed by atoms with Gasteiger partial charge in [-0.25, -0.2) is 4.79 Å². The average Bonchev–Trinajstić information content (AvgIpc) is 3.39. The predicted molar refractivity (Wildman–Crippen MR) is 184 cm³/mol. The number of rotatable bonds is 14. The number of thioether (sulfide) groups is 1. The van der Waals surface area contributed by atoms with Crippen LogP contribution in [-0.2, 0) is 26.6 Å². The highest BCUT2D eigenvalue weighted by molar-refractivity contribution is 7.98. The van der Waals surface area contributed by atoms with E-state index in [1.165, 1.54) is 36.7 Å². The first kappa shape index (κ1) is 36.6. The third kappa shape index (κ3) is 7.72. The minimum Gasteiger partial charge on any atom is -0.496 e. The Balaban J connectivity index is 1.31. The van der Waals surface area contributed by atoms with Crippen LogP contribution < -0.4 is 24.3 Å². The number of fused-ring (bicyclic) bond motifs is 5. The van der Waals surface area contributed by atoms with E-state index in [9.17, 15) is 24.8 Å². The zero-order chi connectivity index (χ0) is 35.5. The van der Waals surface area contributed by atoms with Crippen molar-refractivity contribution in [3.63, 3.8) is 0 Å². The molecule has 3 aliphatic rings. The van der Waals surface area contributed by atoms with Crippen LogP contribution in [0.4, 0.5) is 0 Å². The molecule has 2 aromatic rings. The van der Waals surface area contributed by atoms with E-state index in [1.807, 2.05) is 12.1 Å². The Labute approximate surface area is 291 Å². The third-order valence-corrected chi connectivity index (χ3v) is 12.0. The zero-order valence-corrected chi connectivity index (χ0v) is 29.9. The van der Waals surface area contributed by atoms with Crippen LogP contribution in [0.1, 0.15) is 75.5 Å². The van der Waals surface area contributed by atoms with Gasteiger partial charge in [-0.3, -0.25) is 4.79 Å². The summed E-state index contributed by atoms with van der Waals surface area (Å²) >= 11 is 1.37. The molecule has 0 spiro atoms. The van der Waals surface area contributed by atoms with Crippen molar-refractivity contribution in [2.75, 3.05) is 33.7 Å². The van der Waals surface area contributed by atoms with Crippen molar-refractivity contribution in [1.29, 1.82) is 0 Å². The van der Waals surface area contributed by atoms with Crippen LogP contribution in [0.2, 0.25) is 0 Å². The summed E-state index contributed by atoms with van der Waals surface area (Å²) in [5.41, 5.74) is 1.92. The first-order chi connectivity index (χ1) is 23.3. The number of carbonyl (C=O) groups excluding carboxylic acids is 2. The predicted octanol–water partition coefficient (Wildman–Crippen LogP) is 5.49. The summed E-state index contributed by atoms with van der Waals surface area (Å²) in [6.45, 7) is 4.79. The van der Waals surface area contributed by atoms with Crippen LogP contribution in [0.15, 0.2) is 30.3 Å². The number of methoxy groups -OCH3 is 3. The lowest BCUT2D eigenvalue weighted by Gasteiger charge is -2.50. The number of nitrogens with zero attached hydrogens (tertiary/aromatic N) is 1. The molecule has 268 valence electrons. The summed E-state index contributed by atoms with van der Waals surface area (Å²) in [6, 6.07) is 8.24. The van der Waals surface area contributed by atoms with E-state index in [4.69, 9.17) is 18.9 Å². The summed E-state index contributed by atoms with van der Waals surface area (Å²) in [6.07, 6.45) is 5.68. The molecule has 6 unspecified atom stereocenters. The average molecular weight is 701 g/mol. The maximum atomic E-state index is 13.7. The summed E-state index contributed by atoms with van der Waals surface area (Å²) < 4.78 is 22.4. The molecule has 0 bridgehead atoms. The van der Waals surface area contributed by atoms with Gasteiger partial charge in [-0.1, -0.05) is 13.0 Å². The monoisotopic (exact) mass is 700 g/mol. The largest absolute Gasteiger partial charge is 0.496 e. The summed E-state index contributed by atoms with van der Waals surface area (Å²) in [5.74, 6) is 2.82. The standard InChI is InChI=1S/C36H48N2O10S/c1-35(2,20-47-38(42)43)34(41)37-29(19-49-18-27-30(45-5)16-23(44-4)17-31(27)46-6)33(40)48-22-8-10-24-21(15-22)7-9-26-25(24)13-14-36(3)28(26)11-12-32(36)39/h8,10,15-17,25-26,28-29,32,39H,7,9,11-14,18-20H2,1-6H3,(H,37,41). The maximum Gasteiger partial charge on any atom is 0.334 e. The lowest BCUT2D eigenvalue weighted by atomic mass is 9.55. The number of benzene rings is 2. The molecule has 2 N–H and O–H groups in total. The van der Waals surface area contributed by atoms with Gasteiger partial charge in [0.15, 0.2) is 0 Å². The minimum atomic E-state index is -1.30. The molecular weight excluding hydrogens is 652 g/mol. The molecule has 0 aromatic heterocycles. The molecule has 13 heteroatoms. The third-order valence-electron chi connectivity index (χ3n) is 10.9. The van der Waals surface area contributed by atoms with Crippen molar-refractivity contribution in [2.45, 2.75) is 83.1 Å². The molecule has 2 aromatic carbocycles. The number of aliphatic hydroxyl groups is 1. The fourth-order valence-corrected chi connectivity index (χ4v) is 9.14. The first-order valence-corrected chi connectivity index (χ1v) is 17.9. The van der Waals surface area contributed by atoms with Gasteiger partial charge in [0.1, 0.15) is 35.6 Å². The minimum absolute atomic E-state index is 0.000714. The molecule has 2 saturated carbocycles. The second-order valence-corrected chi connectivity index (χ2v) is 15.3. The highest BCUT2D eigenvalue weighted by Gasteiger charge is 2.54. The van der Waals surface area contributed by atoms with Crippen molar-refractivity contribution in [3.8, 4) is 23.0 Å². The van der Waals surface area contributed by atoms with E-state index >= 15 is 0 Å². The lowest BCUT2D eigenvalue weighted by Crippen LogP contribution is -2.50. The highest BCUT2D eigenvalue weighted by atomic mass is 32.2. The van der Waals surface area contributed by atoms with Gasteiger partial charge in [-0.15, -0.1) is 10.1 Å². The highest BCUT2D eigenvalue weighted by Crippen LogP contribution is 2.61. The van der Waals surface area contributed by atoms with Crippen LogP contribution in [0, 0.1) is 32.8 Å². The molecule has 6 atom stereocenters. The maximum absolute atomic E-state index is 13.7. The molecule has 49 heavy (non-hydrogen) atoms. The van der Waals surface area contributed by atoms with Crippen molar-refractivity contribution < 1.29 is 43.6 Å². The Kier molecular flexibility index (Phi) is 11.2. The second kappa shape index (κ2) is 15.0. The van der Waals surface area contributed by atoms with Crippen LogP contribution >= 0.6 is 11.8 Å². The van der Waals surface area contributed by atoms with Crippen LogP contribution in [0.3, 0.4) is 0 Å². The Morgan fingerprint density at radius 3 is 2.43 bits per heavy atom. The number of esters is 1. The number of nitrogens with one attached hydrogen (secondary N) is 1. The Hall–Kier alpha value is -3.71. The van der Waals surface area contributed by atoms with Gasteiger partial charge in [0.05, 0.1) is 32.8 Å². The fraction of sp³-hybridized carbons (Fsp3) is 0.611. The number of aryl methyl sites for hydroxylation is 1.